The summed E-state index contributed by atoms with van der Waals surface area (Å²) < 4.78 is 3.52. The first-order valence-corrected chi connectivity index (χ1v) is 9.68. The number of aromatic nitrogens is 4. The van der Waals surface area contributed by atoms with Crippen molar-refractivity contribution in [1.29, 1.82) is 0 Å². The molecule has 0 aliphatic rings. The molecule has 0 saturated heterocycles. The number of nitrogens with zero attached hydrogens (tertiary/aromatic N) is 4. The van der Waals surface area contributed by atoms with Gasteiger partial charge in [0.2, 0.25) is 10.9 Å². The highest BCUT2D eigenvalue weighted by Crippen LogP contribution is 2.26. The average Bonchev–Trinajstić information content (AvgIpc) is 3.19. The highest BCUT2D eigenvalue weighted by Gasteiger charge is 2.14. The average molecular weight is 393 g/mol. The number of hydrogen-bond acceptors (Lipinski definition) is 5. The van der Waals surface area contributed by atoms with Gasteiger partial charge in [0, 0.05) is 34.5 Å². The van der Waals surface area contributed by atoms with Gasteiger partial charge in [0.1, 0.15) is 6.54 Å². The molecule has 0 unspecified atom stereocenters. The second-order valence-electron chi connectivity index (χ2n) is 6.72. The third kappa shape index (κ3) is 3.46. The number of carbonyl (C=O) groups is 1. The van der Waals surface area contributed by atoms with Crippen LogP contribution in [0.3, 0.4) is 0 Å². The van der Waals surface area contributed by atoms with Crippen LogP contribution in [0.25, 0.3) is 16.2 Å². The molecular weight excluding hydrogens is 374 g/mol. The Morgan fingerprint density at radius 3 is 2.46 bits per heavy atom. The van der Waals surface area contributed by atoms with E-state index in [1.165, 1.54) is 29.0 Å². The van der Waals surface area contributed by atoms with E-state index in [1.807, 2.05) is 36.6 Å². The Morgan fingerprint density at radius 1 is 1.11 bits per heavy atom. The zero-order valence-corrected chi connectivity index (χ0v) is 16.6. The third-order valence-corrected chi connectivity index (χ3v) is 5.35. The van der Waals surface area contributed by atoms with Crippen molar-refractivity contribution in [1.82, 2.24) is 19.2 Å². The van der Waals surface area contributed by atoms with E-state index in [4.69, 9.17) is 0 Å². The summed E-state index contributed by atoms with van der Waals surface area (Å²) in [6, 6.07) is 11.2. The van der Waals surface area contributed by atoms with Crippen molar-refractivity contribution < 1.29 is 4.79 Å². The van der Waals surface area contributed by atoms with Crippen molar-refractivity contribution in [2.45, 2.75) is 27.3 Å². The molecule has 0 saturated carbocycles. The van der Waals surface area contributed by atoms with Crippen molar-refractivity contribution >= 4 is 28.2 Å². The molecule has 0 bridgehead atoms. The van der Waals surface area contributed by atoms with Crippen LogP contribution in [0, 0.1) is 20.8 Å². The van der Waals surface area contributed by atoms with E-state index in [9.17, 15) is 9.59 Å². The number of carbonyl (C=O) groups excluding carboxylic acids is 1. The molecule has 0 spiro atoms. The lowest BCUT2D eigenvalue weighted by molar-refractivity contribution is -0.116. The number of anilines is 1. The van der Waals surface area contributed by atoms with E-state index >= 15 is 0 Å². The fourth-order valence-electron chi connectivity index (χ4n) is 3.10. The van der Waals surface area contributed by atoms with Crippen LogP contribution in [0.5, 0.6) is 0 Å². The molecule has 0 aliphatic heterocycles. The lowest BCUT2D eigenvalue weighted by Gasteiger charge is -2.13. The highest BCUT2D eigenvalue weighted by molar-refractivity contribution is 7.15. The number of rotatable bonds is 4. The van der Waals surface area contributed by atoms with Crippen molar-refractivity contribution in [2.24, 2.45) is 0 Å². The smallest absolute Gasteiger partial charge is 0.250 e. The Labute approximate surface area is 165 Å². The molecule has 4 rings (SSSR count). The molecule has 0 fully saturated rings. The number of fused-ring (bicyclic) bond motifs is 1. The van der Waals surface area contributed by atoms with Gasteiger partial charge in [-0.15, -0.1) is 16.4 Å². The van der Waals surface area contributed by atoms with Crippen LogP contribution in [-0.2, 0) is 11.3 Å². The number of benzene rings is 1. The quantitative estimate of drug-likeness (QED) is 0.577. The van der Waals surface area contributed by atoms with Crippen LogP contribution in [0.15, 0.2) is 46.6 Å². The summed E-state index contributed by atoms with van der Waals surface area (Å²) in [5.74, 6) is 0.0200. The molecule has 142 valence electrons. The number of hydrogen-bond donors (Lipinski definition) is 1. The molecule has 0 atom stereocenters. The van der Waals surface area contributed by atoms with Gasteiger partial charge in [0.05, 0.1) is 5.69 Å². The standard InChI is InChI=1S/C20H19N5O2S/c1-12-4-6-15(7-5-12)17-11-28-20-22-19(23-25(17)20)21-18(27)10-24-13(2)8-16(26)9-14(24)3/h4-9,11H,10H2,1-3H3,(H,21,23,27). The predicted octanol–water partition coefficient (Wildman–Crippen LogP) is 3.18. The van der Waals surface area contributed by atoms with E-state index < -0.39 is 0 Å². The van der Waals surface area contributed by atoms with E-state index in [0.29, 0.717) is 4.96 Å². The van der Waals surface area contributed by atoms with Gasteiger partial charge in [-0.1, -0.05) is 29.8 Å². The number of aryl methyl sites for hydroxylation is 3. The first-order valence-electron chi connectivity index (χ1n) is 8.80. The van der Waals surface area contributed by atoms with Gasteiger partial charge in [0.25, 0.3) is 5.95 Å². The van der Waals surface area contributed by atoms with Crippen molar-refractivity contribution in [3.8, 4) is 11.3 Å². The predicted molar refractivity (Wildman–Crippen MR) is 110 cm³/mol. The minimum Gasteiger partial charge on any atom is -0.340 e. The van der Waals surface area contributed by atoms with Gasteiger partial charge in [-0.2, -0.15) is 4.98 Å². The molecule has 0 radical (unpaired) electrons. The zero-order chi connectivity index (χ0) is 19.8. The number of nitrogens with one attached hydrogen (secondary N) is 1. The maximum absolute atomic E-state index is 12.5. The summed E-state index contributed by atoms with van der Waals surface area (Å²) >= 11 is 1.47. The molecule has 1 aromatic carbocycles. The summed E-state index contributed by atoms with van der Waals surface area (Å²) in [4.78, 5) is 29.1. The van der Waals surface area contributed by atoms with Gasteiger partial charge < -0.3 is 4.57 Å². The van der Waals surface area contributed by atoms with E-state index in [2.05, 4.69) is 15.4 Å². The second kappa shape index (κ2) is 7.05. The zero-order valence-electron chi connectivity index (χ0n) is 15.8. The highest BCUT2D eigenvalue weighted by atomic mass is 32.1. The topological polar surface area (TPSA) is 81.3 Å². The minimum atomic E-state index is -0.245. The Hall–Kier alpha value is -3.26. The molecule has 4 aromatic rings. The molecule has 1 N–H and O–H groups in total. The van der Waals surface area contributed by atoms with E-state index in [0.717, 1.165) is 22.6 Å². The minimum absolute atomic E-state index is 0.0636. The molecule has 7 nitrogen and oxygen atoms in total. The van der Waals surface area contributed by atoms with Crippen molar-refractivity contribution in [3.05, 3.63) is 69.0 Å². The third-order valence-electron chi connectivity index (χ3n) is 4.54. The van der Waals surface area contributed by atoms with Gasteiger partial charge in [0.15, 0.2) is 5.43 Å². The maximum atomic E-state index is 12.5. The Kier molecular flexibility index (Phi) is 4.56. The van der Waals surface area contributed by atoms with Crippen LogP contribution >= 0.6 is 11.3 Å². The monoisotopic (exact) mass is 393 g/mol. The fraction of sp³-hybridized carbons (Fsp3) is 0.200. The molecular formula is C20H19N5O2S. The molecule has 3 heterocycles. The van der Waals surface area contributed by atoms with Crippen molar-refractivity contribution in [3.63, 3.8) is 0 Å². The van der Waals surface area contributed by atoms with Crippen LogP contribution in [0.2, 0.25) is 0 Å². The second-order valence-corrected chi connectivity index (χ2v) is 7.56. The largest absolute Gasteiger partial charge is 0.340 e. The number of pyridine rings is 1. The van der Waals surface area contributed by atoms with E-state index in [-0.39, 0.29) is 23.8 Å². The lowest BCUT2D eigenvalue weighted by Crippen LogP contribution is -2.23. The number of thiazole rings is 1. The van der Waals surface area contributed by atoms with Crippen LogP contribution in [0.4, 0.5) is 5.95 Å². The van der Waals surface area contributed by atoms with Gasteiger partial charge in [-0.05, 0) is 20.8 Å². The van der Waals surface area contributed by atoms with Gasteiger partial charge >= 0.3 is 0 Å². The molecule has 1 amide bonds. The van der Waals surface area contributed by atoms with Gasteiger partial charge in [-0.25, -0.2) is 4.52 Å². The Bertz CT molecular complexity index is 1210. The lowest BCUT2D eigenvalue weighted by atomic mass is 10.1. The summed E-state index contributed by atoms with van der Waals surface area (Å²) in [7, 11) is 0. The first-order chi connectivity index (χ1) is 13.4. The Balaban J connectivity index is 1.56. The fourth-order valence-corrected chi connectivity index (χ4v) is 3.93. The summed E-state index contributed by atoms with van der Waals surface area (Å²) in [5.41, 5.74) is 4.57. The van der Waals surface area contributed by atoms with Crippen LogP contribution in [-0.4, -0.2) is 25.1 Å². The van der Waals surface area contributed by atoms with Crippen LogP contribution < -0.4 is 10.7 Å². The molecule has 8 heteroatoms. The molecule has 28 heavy (non-hydrogen) atoms. The van der Waals surface area contributed by atoms with Crippen LogP contribution in [0.1, 0.15) is 17.0 Å². The molecule has 3 aromatic heterocycles. The molecule has 0 aliphatic carbocycles. The summed E-state index contributed by atoms with van der Waals surface area (Å²) in [6.07, 6.45) is 0. The SMILES string of the molecule is Cc1ccc(-c2csc3nc(NC(=O)Cn4c(C)cc(=O)cc4C)nn23)cc1. The normalized spacial score (nSPS) is 11.1. The maximum Gasteiger partial charge on any atom is 0.250 e. The number of amides is 1. The first kappa shape index (κ1) is 18.1. The Morgan fingerprint density at radius 2 is 1.79 bits per heavy atom. The van der Waals surface area contributed by atoms with E-state index in [1.54, 1.807) is 22.9 Å². The summed E-state index contributed by atoms with van der Waals surface area (Å²) in [6.45, 7) is 5.75. The summed E-state index contributed by atoms with van der Waals surface area (Å²) in [5, 5.41) is 9.18. The van der Waals surface area contributed by atoms with Gasteiger partial charge in [-0.3, -0.25) is 14.9 Å². The van der Waals surface area contributed by atoms with Crippen molar-refractivity contribution in [2.75, 3.05) is 5.32 Å².